The van der Waals surface area contributed by atoms with Gasteiger partial charge in [0.1, 0.15) is 5.60 Å². The SMILES string of the molecule is CC(C)(C)OC(=O)N1CCc2cc(NC3CCOC3)ccc21. The van der Waals surface area contributed by atoms with Crippen LogP contribution >= 0.6 is 0 Å². The molecule has 1 amide bonds. The number of carbonyl (C=O) groups is 1. The Balaban J connectivity index is 1.70. The molecule has 1 saturated heterocycles. The number of nitrogens with one attached hydrogen (secondary N) is 1. The van der Waals surface area contributed by atoms with Gasteiger partial charge in [-0.25, -0.2) is 4.79 Å². The number of carbonyl (C=O) groups excluding carboxylic acids is 1. The van der Waals surface area contributed by atoms with E-state index in [2.05, 4.69) is 11.4 Å². The Kier molecular flexibility index (Phi) is 4.00. The van der Waals surface area contributed by atoms with Crippen molar-refractivity contribution in [2.45, 2.75) is 45.3 Å². The van der Waals surface area contributed by atoms with E-state index in [0.717, 1.165) is 37.4 Å². The van der Waals surface area contributed by atoms with Crippen molar-refractivity contribution in [2.24, 2.45) is 0 Å². The third-order valence-corrected chi connectivity index (χ3v) is 3.89. The maximum absolute atomic E-state index is 12.3. The summed E-state index contributed by atoms with van der Waals surface area (Å²) < 4.78 is 10.9. The van der Waals surface area contributed by atoms with E-state index in [-0.39, 0.29) is 6.09 Å². The molecule has 1 N–H and O–H groups in total. The van der Waals surface area contributed by atoms with Crippen LogP contribution in [0.2, 0.25) is 0 Å². The van der Waals surface area contributed by atoms with Crippen LogP contribution in [0.15, 0.2) is 18.2 Å². The van der Waals surface area contributed by atoms with Crippen molar-refractivity contribution in [3.8, 4) is 0 Å². The van der Waals surface area contributed by atoms with E-state index in [0.29, 0.717) is 12.6 Å². The fourth-order valence-corrected chi connectivity index (χ4v) is 2.88. The predicted molar refractivity (Wildman–Crippen MR) is 86.6 cm³/mol. The molecule has 5 heteroatoms. The minimum Gasteiger partial charge on any atom is -0.443 e. The topological polar surface area (TPSA) is 50.8 Å². The maximum Gasteiger partial charge on any atom is 0.414 e. The number of rotatable bonds is 2. The van der Waals surface area contributed by atoms with Crippen molar-refractivity contribution >= 4 is 17.5 Å². The van der Waals surface area contributed by atoms with Crippen LogP contribution in [-0.2, 0) is 15.9 Å². The van der Waals surface area contributed by atoms with Crippen LogP contribution in [0, 0.1) is 0 Å². The van der Waals surface area contributed by atoms with Gasteiger partial charge < -0.3 is 14.8 Å². The molecular weight excluding hydrogens is 280 g/mol. The van der Waals surface area contributed by atoms with Crippen molar-refractivity contribution in [1.29, 1.82) is 0 Å². The standard InChI is InChI=1S/C17H24N2O3/c1-17(2,3)22-16(20)19-8-6-12-10-13(4-5-15(12)19)18-14-7-9-21-11-14/h4-5,10,14,18H,6-9,11H2,1-3H3. The quantitative estimate of drug-likeness (QED) is 0.911. The molecule has 2 heterocycles. The number of hydrogen-bond acceptors (Lipinski definition) is 4. The van der Waals surface area contributed by atoms with Crippen molar-refractivity contribution in [3.63, 3.8) is 0 Å². The largest absolute Gasteiger partial charge is 0.443 e. The Hall–Kier alpha value is -1.75. The summed E-state index contributed by atoms with van der Waals surface area (Å²) in [7, 11) is 0. The molecule has 1 unspecified atom stereocenters. The van der Waals surface area contributed by atoms with Gasteiger partial charge in [0.2, 0.25) is 0 Å². The number of hydrogen-bond donors (Lipinski definition) is 1. The van der Waals surface area contributed by atoms with Crippen molar-refractivity contribution in [3.05, 3.63) is 23.8 Å². The summed E-state index contributed by atoms with van der Waals surface area (Å²) in [6, 6.07) is 6.56. The number of nitrogens with zero attached hydrogens (tertiary/aromatic N) is 1. The Morgan fingerprint density at radius 3 is 2.91 bits per heavy atom. The van der Waals surface area contributed by atoms with E-state index >= 15 is 0 Å². The van der Waals surface area contributed by atoms with Crippen molar-refractivity contribution in [2.75, 3.05) is 30.0 Å². The lowest BCUT2D eigenvalue weighted by Gasteiger charge is -2.25. The Bertz CT molecular complexity index is 560. The highest BCUT2D eigenvalue weighted by molar-refractivity contribution is 5.91. The molecule has 0 radical (unpaired) electrons. The zero-order chi connectivity index (χ0) is 15.7. The molecule has 2 aliphatic heterocycles. The number of amides is 1. The van der Waals surface area contributed by atoms with Gasteiger partial charge in [0, 0.05) is 18.8 Å². The second-order valence-corrected chi connectivity index (χ2v) is 6.93. The first-order valence-electron chi connectivity index (χ1n) is 7.90. The number of anilines is 2. The van der Waals surface area contributed by atoms with E-state index in [9.17, 15) is 4.79 Å². The molecule has 22 heavy (non-hydrogen) atoms. The minimum atomic E-state index is -0.468. The highest BCUT2D eigenvalue weighted by atomic mass is 16.6. The van der Waals surface area contributed by atoms with E-state index in [1.807, 2.05) is 32.9 Å². The van der Waals surface area contributed by atoms with Gasteiger partial charge >= 0.3 is 6.09 Å². The molecule has 120 valence electrons. The third kappa shape index (κ3) is 3.35. The molecule has 0 aliphatic carbocycles. The van der Waals surface area contributed by atoms with Crippen LogP contribution in [0.25, 0.3) is 0 Å². The molecule has 3 rings (SSSR count). The van der Waals surface area contributed by atoms with Crippen LogP contribution in [0.4, 0.5) is 16.2 Å². The lowest BCUT2D eigenvalue weighted by atomic mass is 10.1. The maximum atomic E-state index is 12.3. The van der Waals surface area contributed by atoms with Crippen LogP contribution in [0.1, 0.15) is 32.8 Å². The van der Waals surface area contributed by atoms with Gasteiger partial charge in [0.05, 0.1) is 18.3 Å². The van der Waals surface area contributed by atoms with Gasteiger partial charge in [0.25, 0.3) is 0 Å². The molecule has 1 aromatic rings. The van der Waals surface area contributed by atoms with E-state index in [1.54, 1.807) is 4.90 Å². The molecule has 1 aromatic carbocycles. The second-order valence-electron chi connectivity index (χ2n) is 6.93. The van der Waals surface area contributed by atoms with Gasteiger partial charge in [-0.1, -0.05) is 0 Å². The highest BCUT2D eigenvalue weighted by Crippen LogP contribution is 2.32. The molecule has 1 atom stereocenters. The first-order chi connectivity index (χ1) is 10.4. The lowest BCUT2D eigenvalue weighted by Crippen LogP contribution is -2.35. The zero-order valence-corrected chi connectivity index (χ0v) is 13.5. The summed E-state index contributed by atoms with van der Waals surface area (Å²) in [6.07, 6.45) is 1.64. The number of benzene rings is 1. The summed E-state index contributed by atoms with van der Waals surface area (Å²) in [5.74, 6) is 0. The molecule has 5 nitrogen and oxygen atoms in total. The Morgan fingerprint density at radius 1 is 1.41 bits per heavy atom. The van der Waals surface area contributed by atoms with Crippen molar-refractivity contribution in [1.82, 2.24) is 0 Å². The van der Waals surface area contributed by atoms with E-state index in [1.165, 1.54) is 5.56 Å². The van der Waals surface area contributed by atoms with Gasteiger partial charge in [-0.05, 0) is 57.4 Å². The van der Waals surface area contributed by atoms with E-state index < -0.39 is 5.60 Å². The second kappa shape index (κ2) is 5.80. The monoisotopic (exact) mass is 304 g/mol. The molecule has 0 aromatic heterocycles. The Labute approximate surface area is 131 Å². The van der Waals surface area contributed by atoms with Crippen LogP contribution < -0.4 is 10.2 Å². The smallest absolute Gasteiger partial charge is 0.414 e. The van der Waals surface area contributed by atoms with Crippen LogP contribution in [0.5, 0.6) is 0 Å². The fourth-order valence-electron chi connectivity index (χ4n) is 2.88. The zero-order valence-electron chi connectivity index (χ0n) is 13.5. The van der Waals surface area contributed by atoms with Gasteiger partial charge in [-0.3, -0.25) is 4.90 Å². The molecular formula is C17H24N2O3. The summed E-state index contributed by atoms with van der Waals surface area (Å²) in [4.78, 5) is 14.0. The molecule has 1 fully saturated rings. The van der Waals surface area contributed by atoms with E-state index in [4.69, 9.17) is 9.47 Å². The summed E-state index contributed by atoms with van der Waals surface area (Å²) in [6.45, 7) is 7.94. The third-order valence-electron chi connectivity index (χ3n) is 3.89. The van der Waals surface area contributed by atoms with Crippen LogP contribution in [0.3, 0.4) is 0 Å². The number of ether oxygens (including phenoxy) is 2. The first kappa shape index (κ1) is 15.2. The normalized spacial score (nSPS) is 20.9. The van der Waals surface area contributed by atoms with Crippen molar-refractivity contribution < 1.29 is 14.3 Å². The molecule has 0 bridgehead atoms. The summed E-state index contributed by atoms with van der Waals surface area (Å²) >= 11 is 0. The average molecular weight is 304 g/mol. The van der Waals surface area contributed by atoms with Gasteiger partial charge in [-0.2, -0.15) is 0 Å². The van der Waals surface area contributed by atoms with Gasteiger partial charge in [-0.15, -0.1) is 0 Å². The average Bonchev–Trinajstić information content (AvgIpc) is 3.05. The molecule has 0 spiro atoms. The summed E-state index contributed by atoms with van der Waals surface area (Å²) in [5, 5.41) is 3.49. The molecule has 2 aliphatic rings. The predicted octanol–water partition coefficient (Wildman–Crippen LogP) is 3.19. The lowest BCUT2D eigenvalue weighted by molar-refractivity contribution is 0.0584. The fraction of sp³-hybridized carbons (Fsp3) is 0.588. The molecule has 0 saturated carbocycles. The summed E-state index contributed by atoms with van der Waals surface area (Å²) in [5.41, 5.74) is 2.78. The minimum absolute atomic E-state index is 0.267. The van der Waals surface area contributed by atoms with Crippen LogP contribution in [-0.4, -0.2) is 37.5 Å². The first-order valence-corrected chi connectivity index (χ1v) is 7.90. The number of fused-ring (bicyclic) bond motifs is 1. The highest BCUT2D eigenvalue weighted by Gasteiger charge is 2.29. The van der Waals surface area contributed by atoms with Gasteiger partial charge in [0.15, 0.2) is 0 Å². The Morgan fingerprint density at radius 2 is 2.23 bits per heavy atom.